The number of anilines is 1. The maximum Gasteiger partial charge on any atom is 0.325 e. The number of likely N-dealkylation sites (tertiary alicyclic amines) is 1. The van der Waals surface area contributed by atoms with E-state index in [0.29, 0.717) is 44.9 Å². The number of amides is 3. The first kappa shape index (κ1) is 23.6. The van der Waals surface area contributed by atoms with Crippen LogP contribution in [0.2, 0.25) is 0 Å². The number of aliphatic hydroxyl groups is 1. The van der Waals surface area contributed by atoms with Gasteiger partial charge in [0.25, 0.3) is 0 Å². The smallest absolute Gasteiger partial charge is 0.325 e. The van der Waals surface area contributed by atoms with Crippen LogP contribution in [0, 0.1) is 0 Å². The molecule has 3 amide bonds. The molecule has 3 saturated heterocycles. The number of carbonyl (C=O) groups excluding carboxylic acids is 2. The third kappa shape index (κ3) is 4.59. The van der Waals surface area contributed by atoms with Crippen LogP contribution in [0.4, 0.5) is 10.5 Å². The number of aliphatic hydroxyl groups excluding tert-OH is 1. The van der Waals surface area contributed by atoms with Crippen LogP contribution in [-0.4, -0.2) is 78.8 Å². The highest BCUT2D eigenvalue weighted by Gasteiger charge is 2.51. The third-order valence-electron chi connectivity index (χ3n) is 7.64. The van der Waals surface area contributed by atoms with E-state index >= 15 is 0 Å². The van der Waals surface area contributed by atoms with Crippen LogP contribution < -0.4 is 20.5 Å². The number of hydrogen-bond acceptors (Lipinski definition) is 6. The molecular formula is C26H33N5O4. The molecule has 3 fully saturated rings. The molecule has 2 aromatic carbocycles. The quantitative estimate of drug-likeness (QED) is 0.584. The highest BCUT2D eigenvalue weighted by molar-refractivity contribution is 5.95. The Morgan fingerprint density at radius 3 is 2.49 bits per heavy atom. The highest BCUT2D eigenvalue weighted by Crippen LogP contribution is 2.40. The Kier molecular flexibility index (Phi) is 6.64. The van der Waals surface area contributed by atoms with Crippen molar-refractivity contribution < 1.29 is 19.4 Å². The van der Waals surface area contributed by atoms with Crippen molar-refractivity contribution in [3.63, 3.8) is 0 Å². The summed E-state index contributed by atoms with van der Waals surface area (Å²) in [6.45, 7) is 3.39. The number of methoxy groups -OCH3 is 1. The normalized spacial score (nSPS) is 20.2. The Bertz CT molecular complexity index is 1060. The van der Waals surface area contributed by atoms with Crippen LogP contribution in [-0.2, 0) is 11.3 Å². The molecule has 3 aliphatic heterocycles. The highest BCUT2D eigenvalue weighted by atomic mass is 16.5. The molecule has 2 aromatic rings. The van der Waals surface area contributed by atoms with Gasteiger partial charge in [-0.1, -0.05) is 24.3 Å². The lowest BCUT2D eigenvalue weighted by Crippen LogP contribution is -2.55. The number of hydrogen-bond donors (Lipinski definition) is 3. The Balaban J connectivity index is 1.41. The molecule has 0 saturated carbocycles. The Hall–Kier alpha value is -3.14. The van der Waals surface area contributed by atoms with Crippen molar-refractivity contribution in [2.75, 3.05) is 51.3 Å². The van der Waals surface area contributed by atoms with Crippen molar-refractivity contribution in [2.24, 2.45) is 0 Å². The van der Waals surface area contributed by atoms with Gasteiger partial charge in [0.1, 0.15) is 12.4 Å². The standard InChI is InChI=1S/C26H33N5O4/c1-35-23-4-2-3-19(13-23)16-31-25(34)30(18-26(31)9-11-29(12-10-26)24(33)17-32)22-7-5-20(6-8-22)21-14-27-28-15-21/h2-8,13,21,27-28,32H,9-12,14-18H2,1H3. The summed E-state index contributed by atoms with van der Waals surface area (Å²) in [7, 11) is 1.64. The van der Waals surface area contributed by atoms with Crippen molar-refractivity contribution in [1.29, 1.82) is 0 Å². The van der Waals surface area contributed by atoms with Gasteiger partial charge >= 0.3 is 6.03 Å². The van der Waals surface area contributed by atoms with E-state index in [1.807, 2.05) is 46.2 Å². The lowest BCUT2D eigenvalue weighted by Gasteiger charge is -2.43. The van der Waals surface area contributed by atoms with Gasteiger partial charge in [0.15, 0.2) is 0 Å². The molecule has 3 N–H and O–H groups in total. The first-order chi connectivity index (χ1) is 17.0. The number of piperidine rings is 1. The molecule has 35 heavy (non-hydrogen) atoms. The predicted octanol–water partition coefficient (Wildman–Crippen LogP) is 1.68. The number of carbonyl (C=O) groups is 2. The largest absolute Gasteiger partial charge is 0.497 e. The molecule has 0 bridgehead atoms. The second-order valence-electron chi connectivity index (χ2n) is 9.62. The summed E-state index contributed by atoms with van der Waals surface area (Å²) < 4.78 is 5.39. The minimum atomic E-state index is -0.482. The van der Waals surface area contributed by atoms with Crippen molar-refractivity contribution >= 4 is 17.6 Å². The molecule has 0 radical (unpaired) electrons. The minimum Gasteiger partial charge on any atom is -0.497 e. The van der Waals surface area contributed by atoms with Crippen LogP contribution >= 0.6 is 0 Å². The summed E-state index contributed by atoms with van der Waals surface area (Å²) in [5.41, 5.74) is 9.09. The fraction of sp³-hybridized carbons (Fsp3) is 0.462. The van der Waals surface area contributed by atoms with E-state index in [9.17, 15) is 14.7 Å². The monoisotopic (exact) mass is 479 g/mol. The van der Waals surface area contributed by atoms with E-state index in [4.69, 9.17) is 4.74 Å². The van der Waals surface area contributed by atoms with Gasteiger partial charge in [-0.2, -0.15) is 0 Å². The van der Waals surface area contributed by atoms with Gasteiger partial charge in [0.2, 0.25) is 5.91 Å². The first-order valence-corrected chi connectivity index (χ1v) is 12.2. The van der Waals surface area contributed by atoms with Gasteiger partial charge in [-0.25, -0.2) is 4.79 Å². The molecule has 0 atom stereocenters. The van der Waals surface area contributed by atoms with E-state index in [-0.39, 0.29) is 17.5 Å². The van der Waals surface area contributed by atoms with Gasteiger partial charge in [-0.15, -0.1) is 0 Å². The van der Waals surface area contributed by atoms with Crippen LogP contribution in [0.15, 0.2) is 48.5 Å². The molecule has 3 aliphatic rings. The van der Waals surface area contributed by atoms with Crippen molar-refractivity contribution in [3.05, 3.63) is 59.7 Å². The molecule has 9 nitrogen and oxygen atoms in total. The van der Waals surface area contributed by atoms with E-state index in [0.717, 1.165) is 30.1 Å². The van der Waals surface area contributed by atoms with Gasteiger partial charge in [0, 0.05) is 44.3 Å². The van der Waals surface area contributed by atoms with Crippen molar-refractivity contribution in [2.45, 2.75) is 30.8 Å². The van der Waals surface area contributed by atoms with E-state index in [1.54, 1.807) is 12.0 Å². The van der Waals surface area contributed by atoms with Gasteiger partial charge in [-0.05, 0) is 48.2 Å². The van der Waals surface area contributed by atoms with Gasteiger partial charge in [-0.3, -0.25) is 20.5 Å². The molecule has 186 valence electrons. The second-order valence-corrected chi connectivity index (χ2v) is 9.62. The van der Waals surface area contributed by atoms with Gasteiger partial charge in [0.05, 0.1) is 19.2 Å². The number of ether oxygens (including phenoxy) is 1. The zero-order valence-electron chi connectivity index (χ0n) is 20.1. The lowest BCUT2D eigenvalue weighted by molar-refractivity contribution is -0.136. The molecule has 3 heterocycles. The molecule has 0 unspecified atom stereocenters. The maximum atomic E-state index is 13.8. The molecular weight excluding hydrogens is 446 g/mol. The summed E-state index contributed by atoms with van der Waals surface area (Å²) in [5.74, 6) is 0.921. The summed E-state index contributed by atoms with van der Waals surface area (Å²) in [6.07, 6.45) is 1.34. The average molecular weight is 480 g/mol. The third-order valence-corrected chi connectivity index (χ3v) is 7.64. The van der Waals surface area contributed by atoms with Crippen molar-refractivity contribution in [1.82, 2.24) is 20.7 Å². The van der Waals surface area contributed by atoms with Crippen LogP contribution in [0.25, 0.3) is 0 Å². The Morgan fingerprint density at radius 1 is 1.11 bits per heavy atom. The number of urea groups is 1. The SMILES string of the molecule is COc1cccc(CN2C(=O)N(c3ccc(C4CNNC4)cc3)CC23CCN(C(=O)CO)CC3)c1. The lowest BCUT2D eigenvalue weighted by atomic mass is 9.86. The number of benzene rings is 2. The Labute approximate surface area is 205 Å². The fourth-order valence-electron chi connectivity index (χ4n) is 5.51. The number of hydrazine groups is 1. The number of nitrogens with one attached hydrogen (secondary N) is 2. The van der Waals surface area contributed by atoms with Crippen molar-refractivity contribution in [3.8, 4) is 5.75 Å². The van der Waals surface area contributed by atoms with E-state index in [1.165, 1.54) is 5.56 Å². The van der Waals surface area contributed by atoms with Crippen LogP contribution in [0.1, 0.15) is 29.9 Å². The number of rotatable bonds is 6. The zero-order chi connectivity index (χ0) is 24.4. The summed E-state index contributed by atoms with van der Waals surface area (Å²) in [4.78, 5) is 31.4. The Morgan fingerprint density at radius 2 is 1.83 bits per heavy atom. The molecule has 5 rings (SSSR count). The second kappa shape index (κ2) is 9.85. The zero-order valence-corrected chi connectivity index (χ0v) is 20.1. The summed E-state index contributed by atoms with van der Waals surface area (Å²) in [6, 6.07) is 16.1. The molecule has 9 heteroatoms. The summed E-state index contributed by atoms with van der Waals surface area (Å²) >= 11 is 0. The van der Waals surface area contributed by atoms with E-state index < -0.39 is 6.61 Å². The first-order valence-electron chi connectivity index (χ1n) is 12.2. The fourth-order valence-corrected chi connectivity index (χ4v) is 5.51. The maximum absolute atomic E-state index is 13.8. The predicted molar refractivity (Wildman–Crippen MR) is 132 cm³/mol. The summed E-state index contributed by atoms with van der Waals surface area (Å²) in [5, 5.41) is 9.29. The minimum absolute atomic E-state index is 0.0216. The molecule has 0 aliphatic carbocycles. The molecule has 1 spiro atoms. The topological polar surface area (TPSA) is 97.4 Å². The van der Waals surface area contributed by atoms with E-state index in [2.05, 4.69) is 23.0 Å². The average Bonchev–Trinajstić information content (AvgIpc) is 3.53. The molecule has 0 aromatic heterocycles. The van der Waals surface area contributed by atoms with Crippen LogP contribution in [0.3, 0.4) is 0 Å². The van der Waals surface area contributed by atoms with Gasteiger partial charge < -0.3 is 19.6 Å². The number of nitrogens with zero attached hydrogens (tertiary/aromatic N) is 3. The van der Waals surface area contributed by atoms with Crippen LogP contribution in [0.5, 0.6) is 5.75 Å².